The Kier molecular flexibility index (Phi) is 5.83. The van der Waals surface area contributed by atoms with Crippen LogP contribution in [0.4, 0.5) is 0 Å². The molecule has 2 aromatic heterocycles. The summed E-state index contributed by atoms with van der Waals surface area (Å²) in [5, 5.41) is 9.55. The van der Waals surface area contributed by atoms with Crippen LogP contribution in [0.2, 0.25) is 0 Å². The molecule has 0 saturated carbocycles. The molecule has 3 aromatic carbocycles. The molecule has 0 spiro atoms. The van der Waals surface area contributed by atoms with Gasteiger partial charge >= 0.3 is 0 Å². The first-order valence-corrected chi connectivity index (χ1v) is 10.8. The van der Waals surface area contributed by atoms with Crippen molar-refractivity contribution in [3.05, 3.63) is 102 Å². The van der Waals surface area contributed by atoms with Crippen molar-refractivity contribution in [1.29, 1.82) is 0 Å². The summed E-state index contributed by atoms with van der Waals surface area (Å²) in [5.41, 5.74) is 7.00. The molecule has 0 aliphatic heterocycles. The number of aromatic nitrogens is 4. The van der Waals surface area contributed by atoms with Crippen LogP contribution in [0.15, 0.2) is 85.1 Å². The van der Waals surface area contributed by atoms with Gasteiger partial charge in [-0.05, 0) is 48.9 Å². The van der Waals surface area contributed by atoms with Crippen LogP contribution in [0.3, 0.4) is 0 Å². The van der Waals surface area contributed by atoms with Gasteiger partial charge in [-0.1, -0.05) is 53.2 Å². The van der Waals surface area contributed by atoms with Gasteiger partial charge in [-0.15, -0.1) is 5.10 Å². The van der Waals surface area contributed by atoms with E-state index in [-0.39, 0.29) is 0 Å². The second kappa shape index (κ2) is 9.22. The third kappa shape index (κ3) is 4.61. The summed E-state index contributed by atoms with van der Waals surface area (Å²) in [6, 6.07) is 26.4. The molecule has 0 bridgehead atoms. The van der Waals surface area contributed by atoms with E-state index < -0.39 is 0 Å². The molecule has 6 heteroatoms. The normalized spacial score (nSPS) is 11.1. The molecular weight excluding hydrogens is 412 g/mol. The van der Waals surface area contributed by atoms with E-state index >= 15 is 0 Å². The molecular formula is C27H24N4O2. The number of hydrogen-bond acceptors (Lipinski definition) is 5. The predicted octanol–water partition coefficient (Wildman–Crippen LogP) is 5.52. The fraction of sp³-hybridized carbons (Fsp3) is 0.148. The lowest BCUT2D eigenvalue weighted by Crippen LogP contribution is -1.98. The molecule has 5 aromatic rings. The highest BCUT2D eigenvalue weighted by atomic mass is 16.5. The summed E-state index contributed by atoms with van der Waals surface area (Å²) >= 11 is 0. The van der Waals surface area contributed by atoms with E-state index in [1.54, 1.807) is 11.8 Å². The van der Waals surface area contributed by atoms with Gasteiger partial charge in [0.05, 0.1) is 43.4 Å². The molecule has 0 aliphatic carbocycles. The zero-order valence-corrected chi connectivity index (χ0v) is 18.6. The van der Waals surface area contributed by atoms with Gasteiger partial charge in [-0.3, -0.25) is 0 Å². The molecule has 0 amide bonds. The molecule has 5 rings (SSSR count). The van der Waals surface area contributed by atoms with E-state index in [0.29, 0.717) is 13.2 Å². The van der Waals surface area contributed by atoms with E-state index in [4.69, 9.17) is 14.5 Å². The van der Waals surface area contributed by atoms with Gasteiger partial charge in [-0.2, -0.15) is 0 Å². The average molecular weight is 437 g/mol. The SMILES string of the molecule is COc1ccc(-n2cc(COCc3cc(-c4ccc(C)cc4)nc4ccccc34)nn2)cc1. The lowest BCUT2D eigenvalue weighted by atomic mass is 10.0. The topological polar surface area (TPSA) is 62.1 Å². The van der Waals surface area contributed by atoms with Crippen LogP contribution < -0.4 is 4.74 Å². The minimum absolute atomic E-state index is 0.368. The van der Waals surface area contributed by atoms with Crippen LogP contribution in [-0.2, 0) is 18.0 Å². The number of fused-ring (bicyclic) bond motifs is 1. The lowest BCUT2D eigenvalue weighted by molar-refractivity contribution is 0.105. The van der Waals surface area contributed by atoms with E-state index in [2.05, 4.69) is 53.6 Å². The van der Waals surface area contributed by atoms with Gasteiger partial charge in [0.15, 0.2) is 0 Å². The molecule has 0 N–H and O–H groups in total. The molecule has 0 radical (unpaired) electrons. The highest BCUT2D eigenvalue weighted by Gasteiger charge is 2.09. The highest BCUT2D eigenvalue weighted by Crippen LogP contribution is 2.26. The Hall–Kier alpha value is -4.03. The van der Waals surface area contributed by atoms with Crippen LogP contribution >= 0.6 is 0 Å². The number of ether oxygens (including phenoxy) is 2. The second-order valence-corrected chi connectivity index (χ2v) is 7.90. The van der Waals surface area contributed by atoms with Gasteiger partial charge in [0.1, 0.15) is 11.4 Å². The van der Waals surface area contributed by atoms with Crippen LogP contribution in [0.25, 0.3) is 27.8 Å². The Labute approximate surface area is 192 Å². The number of methoxy groups -OCH3 is 1. The second-order valence-electron chi connectivity index (χ2n) is 7.90. The van der Waals surface area contributed by atoms with Crippen molar-refractivity contribution in [2.75, 3.05) is 7.11 Å². The molecule has 0 fully saturated rings. The lowest BCUT2D eigenvalue weighted by Gasteiger charge is -2.10. The first-order chi connectivity index (χ1) is 16.2. The standard InChI is InChI=1S/C27H24N4O2/c1-19-7-9-20(10-8-19)27-15-21(25-5-3-4-6-26(25)28-27)17-33-18-22-16-31(30-29-22)23-11-13-24(32-2)14-12-23/h3-16H,17-18H2,1-2H3. The van der Waals surface area contributed by atoms with Crippen LogP contribution in [0, 0.1) is 6.92 Å². The molecule has 164 valence electrons. The van der Waals surface area contributed by atoms with Crippen LogP contribution in [0.5, 0.6) is 5.75 Å². The number of pyridine rings is 1. The molecule has 6 nitrogen and oxygen atoms in total. The zero-order chi connectivity index (χ0) is 22.6. The molecule has 0 saturated heterocycles. The van der Waals surface area contributed by atoms with Crippen LogP contribution in [-0.4, -0.2) is 27.1 Å². The molecule has 0 unspecified atom stereocenters. The quantitative estimate of drug-likeness (QED) is 0.336. The number of para-hydroxylation sites is 1. The summed E-state index contributed by atoms with van der Waals surface area (Å²) < 4.78 is 13.0. The summed E-state index contributed by atoms with van der Waals surface area (Å²) in [7, 11) is 1.65. The Morgan fingerprint density at radius 2 is 1.67 bits per heavy atom. The summed E-state index contributed by atoms with van der Waals surface area (Å²) in [5.74, 6) is 0.803. The first-order valence-electron chi connectivity index (χ1n) is 10.8. The first kappa shape index (κ1) is 20.8. The van der Waals surface area contributed by atoms with Gasteiger partial charge in [0.2, 0.25) is 0 Å². The molecule has 0 atom stereocenters. The van der Waals surface area contributed by atoms with Crippen molar-refractivity contribution >= 4 is 10.9 Å². The fourth-order valence-corrected chi connectivity index (χ4v) is 3.73. The van der Waals surface area contributed by atoms with E-state index in [1.165, 1.54) is 5.56 Å². The van der Waals surface area contributed by atoms with Gasteiger partial charge in [0.25, 0.3) is 0 Å². The smallest absolute Gasteiger partial charge is 0.119 e. The molecule has 2 heterocycles. The fourth-order valence-electron chi connectivity index (χ4n) is 3.73. The van der Waals surface area contributed by atoms with Crippen molar-refractivity contribution in [3.8, 4) is 22.7 Å². The summed E-state index contributed by atoms with van der Waals surface area (Å²) in [6.07, 6.45) is 1.88. The van der Waals surface area contributed by atoms with Crippen LogP contribution in [0.1, 0.15) is 16.8 Å². The Bertz CT molecular complexity index is 1380. The Morgan fingerprint density at radius 1 is 0.879 bits per heavy atom. The van der Waals surface area contributed by atoms with Crippen molar-refractivity contribution in [2.24, 2.45) is 0 Å². The minimum atomic E-state index is 0.368. The maximum absolute atomic E-state index is 6.05. The highest BCUT2D eigenvalue weighted by molar-refractivity contribution is 5.85. The van der Waals surface area contributed by atoms with Crippen molar-refractivity contribution in [3.63, 3.8) is 0 Å². The van der Waals surface area contributed by atoms with Gasteiger partial charge in [0, 0.05) is 10.9 Å². The maximum Gasteiger partial charge on any atom is 0.119 e. The summed E-state index contributed by atoms with van der Waals surface area (Å²) in [4.78, 5) is 4.86. The largest absolute Gasteiger partial charge is 0.497 e. The zero-order valence-electron chi connectivity index (χ0n) is 18.6. The predicted molar refractivity (Wildman–Crippen MR) is 128 cm³/mol. The maximum atomic E-state index is 6.05. The van der Waals surface area contributed by atoms with Crippen molar-refractivity contribution in [2.45, 2.75) is 20.1 Å². The van der Waals surface area contributed by atoms with Gasteiger partial charge < -0.3 is 9.47 Å². The summed E-state index contributed by atoms with van der Waals surface area (Å²) in [6.45, 7) is 2.91. The van der Waals surface area contributed by atoms with E-state index in [0.717, 1.165) is 44.9 Å². The Balaban J connectivity index is 1.33. The molecule has 0 aliphatic rings. The number of rotatable bonds is 7. The van der Waals surface area contributed by atoms with Gasteiger partial charge in [-0.25, -0.2) is 9.67 Å². The Morgan fingerprint density at radius 3 is 2.45 bits per heavy atom. The third-order valence-corrected chi connectivity index (χ3v) is 5.53. The number of hydrogen-bond donors (Lipinski definition) is 0. The van der Waals surface area contributed by atoms with E-state index in [9.17, 15) is 0 Å². The average Bonchev–Trinajstić information content (AvgIpc) is 3.33. The molecule has 33 heavy (non-hydrogen) atoms. The monoisotopic (exact) mass is 436 g/mol. The number of aryl methyl sites for hydroxylation is 1. The van der Waals surface area contributed by atoms with Crippen molar-refractivity contribution < 1.29 is 9.47 Å². The number of nitrogens with zero attached hydrogens (tertiary/aromatic N) is 4. The number of benzene rings is 3. The third-order valence-electron chi connectivity index (χ3n) is 5.53. The minimum Gasteiger partial charge on any atom is -0.497 e. The van der Waals surface area contributed by atoms with Crippen molar-refractivity contribution in [1.82, 2.24) is 20.0 Å². The van der Waals surface area contributed by atoms with E-state index in [1.807, 2.05) is 48.7 Å².